The van der Waals surface area contributed by atoms with E-state index in [0.29, 0.717) is 5.56 Å². The molecule has 0 spiro atoms. The quantitative estimate of drug-likeness (QED) is 0.864. The number of aromatic carboxylic acids is 1. The molecule has 1 N–H and O–H groups in total. The van der Waals surface area contributed by atoms with Crippen LogP contribution in [0.4, 0.5) is 0 Å². The molecule has 0 bridgehead atoms. The fraction of sp³-hybridized carbons (Fsp3) is 0.0667. The van der Waals surface area contributed by atoms with Gasteiger partial charge >= 0.3 is 5.97 Å². The Morgan fingerprint density at radius 2 is 1.89 bits per heavy atom. The van der Waals surface area contributed by atoms with Crippen molar-refractivity contribution in [1.82, 2.24) is 0 Å². The molecule has 1 heterocycles. The number of carboxylic acids is 1. The average Bonchev–Trinajstić information content (AvgIpc) is 2.54. The van der Waals surface area contributed by atoms with Gasteiger partial charge in [0, 0.05) is 21.8 Å². The van der Waals surface area contributed by atoms with Gasteiger partial charge in [0.2, 0.25) is 0 Å². The lowest BCUT2D eigenvalue weighted by atomic mass is 10.0. The topological polar surface area (TPSA) is 54.4 Å². The van der Waals surface area contributed by atoms with Crippen LogP contribution in [0.2, 0.25) is 0 Å². The number of hydrogen-bond acceptors (Lipinski definition) is 3. The Hall–Kier alpha value is -2.07. The van der Waals surface area contributed by atoms with E-state index in [1.54, 1.807) is 18.2 Å². The molecule has 0 amide bonds. The second-order valence-corrected chi connectivity index (χ2v) is 5.41. The molecule has 0 aliphatic carbocycles. The number of Topliss-reactive ketones (excluding diaryl/α,β-unsaturated/α-hetero) is 1. The molecule has 2 aromatic rings. The van der Waals surface area contributed by atoms with E-state index in [1.165, 1.54) is 11.8 Å². The Kier molecular flexibility index (Phi) is 2.87. The number of benzene rings is 2. The summed E-state index contributed by atoms with van der Waals surface area (Å²) in [5, 5.41) is 9.00. The van der Waals surface area contributed by atoms with Gasteiger partial charge in [0.25, 0.3) is 0 Å². The average molecular weight is 270 g/mol. The van der Waals surface area contributed by atoms with Crippen molar-refractivity contribution in [2.75, 3.05) is 0 Å². The molecule has 0 atom stereocenters. The van der Waals surface area contributed by atoms with Crippen molar-refractivity contribution in [2.24, 2.45) is 0 Å². The molecule has 0 radical (unpaired) electrons. The molecule has 1 aliphatic rings. The molecule has 0 fully saturated rings. The molecule has 0 aromatic heterocycles. The van der Waals surface area contributed by atoms with Crippen LogP contribution in [-0.2, 0) is 6.42 Å². The lowest BCUT2D eigenvalue weighted by Crippen LogP contribution is -2.04. The molecule has 4 heteroatoms. The molecule has 1 aliphatic heterocycles. The highest BCUT2D eigenvalue weighted by molar-refractivity contribution is 7.99. The normalized spacial score (nSPS) is 13.4. The van der Waals surface area contributed by atoms with Crippen molar-refractivity contribution in [3.8, 4) is 0 Å². The van der Waals surface area contributed by atoms with E-state index in [-0.39, 0.29) is 17.8 Å². The van der Waals surface area contributed by atoms with E-state index >= 15 is 0 Å². The van der Waals surface area contributed by atoms with Crippen molar-refractivity contribution in [3.05, 3.63) is 59.2 Å². The molecule has 0 saturated carbocycles. The van der Waals surface area contributed by atoms with Gasteiger partial charge < -0.3 is 5.11 Å². The lowest BCUT2D eigenvalue weighted by Gasteiger charge is -2.05. The second kappa shape index (κ2) is 4.55. The molecule has 0 saturated heterocycles. The third-order valence-electron chi connectivity index (χ3n) is 3.07. The van der Waals surface area contributed by atoms with E-state index in [9.17, 15) is 9.59 Å². The van der Waals surface area contributed by atoms with Crippen LogP contribution in [0, 0.1) is 0 Å². The second-order valence-electron chi connectivity index (χ2n) is 4.33. The molecule has 94 valence electrons. The lowest BCUT2D eigenvalue weighted by molar-refractivity contribution is 0.0696. The smallest absolute Gasteiger partial charge is 0.335 e. The maximum absolute atomic E-state index is 12.2. The summed E-state index contributed by atoms with van der Waals surface area (Å²) in [5.74, 6) is -0.939. The standard InChI is InChI=1S/C15H10O3S/c16-12-8-10-7-9(15(17)18)5-6-13(10)19-14-4-2-1-3-11(12)14/h1-7H,8H2,(H,17,18). The minimum Gasteiger partial charge on any atom is -0.478 e. The highest BCUT2D eigenvalue weighted by Crippen LogP contribution is 2.37. The summed E-state index contributed by atoms with van der Waals surface area (Å²) in [6.07, 6.45) is 0.250. The summed E-state index contributed by atoms with van der Waals surface area (Å²) in [4.78, 5) is 25.0. The summed E-state index contributed by atoms with van der Waals surface area (Å²) < 4.78 is 0. The summed E-state index contributed by atoms with van der Waals surface area (Å²) in [7, 11) is 0. The van der Waals surface area contributed by atoms with Crippen molar-refractivity contribution in [3.63, 3.8) is 0 Å². The van der Waals surface area contributed by atoms with Gasteiger partial charge in [-0.3, -0.25) is 4.79 Å². The number of hydrogen-bond donors (Lipinski definition) is 1. The van der Waals surface area contributed by atoms with Gasteiger partial charge in [0.1, 0.15) is 0 Å². The monoisotopic (exact) mass is 270 g/mol. The third-order valence-corrected chi connectivity index (χ3v) is 4.26. The predicted molar refractivity (Wildman–Crippen MR) is 72.0 cm³/mol. The first kappa shape index (κ1) is 12.0. The van der Waals surface area contributed by atoms with Crippen molar-refractivity contribution in [2.45, 2.75) is 16.2 Å². The highest BCUT2D eigenvalue weighted by Gasteiger charge is 2.20. The van der Waals surface area contributed by atoms with Crippen molar-refractivity contribution < 1.29 is 14.7 Å². The molecule has 3 rings (SSSR count). The number of carboxylic acid groups (broad SMARTS) is 1. The van der Waals surface area contributed by atoms with Crippen LogP contribution >= 0.6 is 11.8 Å². The Balaban J connectivity index is 2.12. The van der Waals surface area contributed by atoms with Gasteiger partial charge in [-0.25, -0.2) is 4.79 Å². The number of carbonyl (C=O) groups is 2. The number of rotatable bonds is 1. The van der Waals surface area contributed by atoms with Gasteiger partial charge in [0.05, 0.1) is 5.56 Å². The van der Waals surface area contributed by atoms with Gasteiger partial charge in [-0.1, -0.05) is 30.0 Å². The molecule has 19 heavy (non-hydrogen) atoms. The van der Waals surface area contributed by atoms with Crippen LogP contribution in [0.5, 0.6) is 0 Å². The minimum absolute atomic E-state index is 0.0318. The minimum atomic E-state index is -0.970. The summed E-state index contributed by atoms with van der Waals surface area (Å²) in [6.45, 7) is 0. The summed E-state index contributed by atoms with van der Waals surface area (Å²) in [6, 6.07) is 12.4. The molecule has 2 aromatic carbocycles. The van der Waals surface area contributed by atoms with Gasteiger partial charge in [0.15, 0.2) is 5.78 Å². The zero-order valence-corrected chi connectivity index (χ0v) is 10.7. The number of ketones is 1. The zero-order valence-electron chi connectivity index (χ0n) is 9.92. The summed E-state index contributed by atoms with van der Waals surface area (Å²) in [5.41, 5.74) is 1.71. The first-order valence-corrected chi connectivity index (χ1v) is 6.63. The van der Waals surface area contributed by atoms with Crippen LogP contribution in [0.3, 0.4) is 0 Å². The number of fused-ring (bicyclic) bond motifs is 2. The van der Waals surface area contributed by atoms with E-state index < -0.39 is 5.97 Å². The first-order valence-electron chi connectivity index (χ1n) is 5.81. The Bertz CT molecular complexity index is 692. The van der Waals surface area contributed by atoms with Gasteiger partial charge in [-0.2, -0.15) is 0 Å². The molecule has 0 unspecified atom stereocenters. The zero-order chi connectivity index (χ0) is 13.4. The van der Waals surface area contributed by atoms with Crippen LogP contribution in [0.15, 0.2) is 52.3 Å². The Morgan fingerprint density at radius 1 is 1.11 bits per heavy atom. The van der Waals surface area contributed by atoms with E-state index in [0.717, 1.165) is 15.4 Å². The van der Waals surface area contributed by atoms with E-state index in [4.69, 9.17) is 5.11 Å². The van der Waals surface area contributed by atoms with Gasteiger partial charge in [-0.05, 0) is 29.8 Å². The van der Waals surface area contributed by atoms with Crippen LogP contribution in [0.25, 0.3) is 0 Å². The Labute approximate surface area is 114 Å². The fourth-order valence-corrected chi connectivity index (χ4v) is 3.20. The summed E-state index contributed by atoms with van der Waals surface area (Å²) >= 11 is 1.51. The van der Waals surface area contributed by atoms with Crippen LogP contribution < -0.4 is 0 Å². The number of carbonyl (C=O) groups excluding carboxylic acids is 1. The maximum Gasteiger partial charge on any atom is 0.335 e. The first-order chi connectivity index (χ1) is 9.15. The van der Waals surface area contributed by atoms with Crippen LogP contribution in [-0.4, -0.2) is 16.9 Å². The third kappa shape index (κ3) is 2.15. The predicted octanol–water partition coefficient (Wildman–Crippen LogP) is 3.27. The van der Waals surface area contributed by atoms with Crippen molar-refractivity contribution in [1.29, 1.82) is 0 Å². The molecular weight excluding hydrogens is 260 g/mol. The maximum atomic E-state index is 12.2. The largest absolute Gasteiger partial charge is 0.478 e. The molecule has 3 nitrogen and oxygen atoms in total. The Morgan fingerprint density at radius 3 is 2.68 bits per heavy atom. The van der Waals surface area contributed by atoms with Crippen molar-refractivity contribution >= 4 is 23.5 Å². The van der Waals surface area contributed by atoms with Gasteiger partial charge in [-0.15, -0.1) is 0 Å². The molecular formula is C15H10O3S. The van der Waals surface area contributed by atoms with E-state index in [2.05, 4.69) is 0 Å². The van der Waals surface area contributed by atoms with E-state index in [1.807, 2.05) is 24.3 Å². The fourth-order valence-electron chi connectivity index (χ4n) is 2.12. The highest BCUT2D eigenvalue weighted by atomic mass is 32.2. The van der Waals surface area contributed by atoms with Crippen LogP contribution in [0.1, 0.15) is 26.3 Å². The SMILES string of the molecule is O=C(O)c1ccc2c(c1)CC(=O)c1ccccc1S2.